The van der Waals surface area contributed by atoms with Crippen LogP contribution in [0.15, 0.2) is 0 Å². The summed E-state index contributed by atoms with van der Waals surface area (Å²) in [6.07, 6.45) is 0. The fraction of sp³-hybridized carbons (Fsp3) is 0.527. The van der Waals surface area contributed by atoms with E-state index >= 15 is 0 Å². The fourth-order valence-electron chi connectivity index (χ4n) is 6.18. The van der Waals surface area contributed by atoms with Crippen LogP contribution in [0.1, 0.15) is 164 Å². The van der Waals surface area contributed by atoms with Crippen LogP contribution in [-0.2, 0) is 0 Å². The second-order valence-corrected chi connectivity index (χ2v) is 20.5. The van der Waals surface area contributed by atoms with E-state index in [1.165, 1.54) is 107 Å². The lowest BCUT2D eigenvalue weighted by atomic mass is 10.0. The van der Waals surface area contributed by atoms with Gasteiger partial charge in [-0.15, -0.1) is 34.0 Å². The van der Waals surface area contributed by atoms with Crippen molar-refractivity contribution < 1.29 is 0 Å². The largest absolute Gasteiger partial charge is 0.258 e. The maximum absolute atomic E-state index is 4.43. The van der Waals surface area contributed by atoms with Gasteiger partial charge in [0.25, 0.3) is 0 Å². The first kappa shape index (κ1) is 62.8. The number of aromatic nitrogens is 4. The predicted molar refractivity (Wildman–Crippen MR) is 287 cm³/mol. The Kier molecular flexibility index (Phi) is 28.0. The molecule has 6 heterocycles. The lowest BCUT2D eigenvalue weighted by Crippen LogP contribution is -1.98. The van der Waals surface area contributed by atoms with Crippen LogP contribution in [-0.4, -0.2) is 19.9 Å². The molecule has 0 atom stereocenters. The molecule has 0 N–H and O–H groups in total. The zero-order chi connectivity index (χ0) is 46.0. The fourth-order valence-corrected chi connectivity index (χ4v) is 9.15. The van der Waals surface area contributed by atoms with E-state index in [0.717, 1.165) is 34.2 Å². The second-order valence-electron chi connectivity index (χ2n) is 16.3. The van der Waals surface area contributed by atoms with Crippen molar-refractivity contribution in [3.05, 3.63) is 142 Å². The molecule has 0 spiro atoms. The van der Waals surface area contributed by atoms with Gasteiger partial charge in [-0.3, -0.25) is 15.0 Å². The quantitative estimate of drug-likeness (QED) is 0.152. The van der Waals surface area contributed by atoms with Crippen molar-refractivity contribution in [1.82, 2.24) is 19.9 Å². The van der Waals surface area contributed by atoms with Crippen LogP contribution >= 0.6 is 34.0 Å². The van der Waals surface area contributed by atoms with Gasteiger partial charge in [-0.2, -0.15) is 0 Å². The van der Waals surface area contributed by atoms with E-state index in [2.05, 4.69) is 186 Å². The van der Waals surface area contributed by atoms with E-state index in [-0.39, 0.29) is 22.3 Å². The maximum atomic E-state index is 4.43. The first-order valence-corrected chi connectivity index (χ1v) is 23.2. The summed E-state index contributed by atoms with van der Waals surface area (Å²) >= 11 is 5.55. The van der Waals surface area contributed by atoms with Gasteiger partial charge in [-0.1, -0.05) is 22.3 Å². The molecule has 0 radical (unpaired) electrons. The molecular formula is C55H90N4S3. The normalized spacial score (nSPS) is 9.71. The van der Waals surface area contributed by atoms with Crippen molar-refractivity contribution >= 4 is 34.0 Å². The summed E-state index contributed by atoms with van der Waals surface area (Å²) in [4.78, 5) is 24.7. The molecule has 0 fully saturated rings. The molecule has 6 aromatic rings. The summed E-state index contributed by atoms with van der Waals surface area (Å²) in [7, 11) is 0. The van der Waals surface area contributed by atoms with Crippen LogP contribution < -0.4 is 0 Å². The van der Waals surface area contributed by atoms with E-state index < -0.39 is 0 Å². The number of thiophene rings is 2. The first-order valence-electron chi connectivity index (χ1n) is 20.8. The van der Waals surface area contributed by atoms with Gasteiger partial charge in [-0.05, 0) is 252 Å². The van der Waals surface area contributed by atoms with Crippen molar-refractivity contribution in [3.8, 4) is 0 Å². The molecule has 0 aliphatic carbocycles. The van der Waals surface area contributed by atoms with Crippen molar-refractivity contribution in [2.45, 2.75) is 202 Å². The van der Waals surface area contributed by atoms with E-state index in [1.54, 1.807) is 11.3 Å². The molecule has 348 valence electrons. The number of aryl methyl sites for hydroxylation is 13. The van der Waals surface area contributed by atoms with Crippen LogP contribution in [0.25, 0.3) is 0 Å². The SMILES string of the molecule is C.C.C.Cc1nc(C)c(C)c(C)c1C.Cc1nc(C)c(C)c(C)c1C.Cc1nc(C)c(C)c(C)c1C.Cc1nc(C)c(C)s1.Cc1sc(C)c(C)c1C.Cc1sc(C)c(C)c1C. The Labute approximate surface area is 395 Å². The molecule has 6 aromatic heterocycles. The topological polar surface area (TPSA) is 51.6 Å². The molecule has 0 aliphatic rings. The minimum absolute atomic E-state index is 0. The third kappa shape index (κ3) is 17.2. The molecule has 0 bridgehead atoms. The molecule has 62 heavy (non-hydrogen) atoms. The van der Waals surface area contributed by atoms with Crippen LogP contribution in [0.5, 0.6) is 0 Å². The monoisotopic (exact) mass is 903 g/mol. The van der Waals surface area contributed by atoms with Crippen LogP contribution in [0, 0.1) is 180 Å². The van der Waals surface area contributed by atoms with Crippen LogP contribution in [0.3, 0.4) is 0 Å². The molecular weight excluding hydrogens is 813 g/mol. The van der Waals surface area contributed by atoms with Crippen molar-refractivity contribution in [1.29, 1.82) is 0 Å². The predicted octanol–water partition coefficient (Wildman–Crippen LogP) is 17.8. The Hall–Kier alpha value is -3.52. The van der Waals surface area contributed by atoms with Crippen molar-refractivity contribution in [2.24, 2.45) is 0 Å². The molecule has 0 unspecified atom stereocenters. The molecule has 4 nitrogen and oxygen atoms in total. The molecule has 7 heteroatoms. The Balaban J connectivity index is -0.000000670. The van der Waals surface area contributed by atoms with Crippen LogP contribution in [0.2, 0.25) is 0 Å². The zero-order valence-corrected chi connectivity index (χ0v) is 44.5. The summed E-state index contributed by atoms with van der Waals surface area (Å²) < 4.78 is 0. The highest BCUT2D eigenvalue weighted by Crippen LogP contribution is 2.26. The molecule has 6 rings (SSSR count). The van der Waals surface area contributed by atoms with Gasteiger partial charge in [0.1, 0.15) is 0 Å². The number of pyridine rings is 3. The van der Waals surface area contributed by atoms with Crippen LogP contribution in [0.4, 0.5) is 0 Å². The Morgan fingerprint density at radius 3 is 0.484 bits per heavy atom. The molecule has 0 saturated carbocycles. The lowest BCUT2D eigenvalue weighted by Gasteiger charge is -2.09. The minimum Gasteiger partial charge on any atom is -0.258 e. The summed E-state index contributed by atoms with van der Waals surface area (Å²) in [6, 6.07) is 0. The van der Waals surface area contributed by atoms with Gasteiger partial charge in [0.2, 0.25) is 0 Å². The van der Waals surface area contributed by atoms with Gasteiger partial charge in [0, 0.05) is 58.5 Å². The number of hydrogen-bond acceptors (Lipinski definition) is 7. The highest BCUT2D eigenvalue weighted by atomic mass is 32.1. The maximum Gasteiger partial charge on any atom is 0.0899 e. The van der Waals surface area contributed by atoms with E-state index in [9.17, 15) is 0 Å². The van der Waals surface area contributed by atoms with Gasteiger partial charge >= 0.3 is 0 Å². The summed E-state index contributed by atoms with van der Waals surface area (Å²) in [5.41, 5.74) is 26.1. The lowest BCUT2D eigenvalue weighted by molar-refractivity contribution is 1.03. The minimum atomic E-state index is 0. The van der Waals surface area contributed by atoms with Crippen molar-refractivity contribution in [2.75, 3.05) is 0 Å². The van der Waals surface area contributed by atoms with Gasteiger partial charge in [0.05, 0.1) is 10.7 Å². The third-order valence-electron chi connectivity index (χ3n) is 12.6. The average molecular weight is 904 g/mol. The number of nitrogens with zero attached hydrogens (tertiary/aromatic N) is 4. The molecule has 0 aromatic carbocycles. The highest BCUT2D eigenvalue weighted by Gasteiger charge is 2.07. The summed E-state index contributed by atoms with van der Waals surface area (Å²) in [5, 5.41) is 1.17. The number of thiazole rings is 1. The second kappa shape index (κ2) is 27.6. The van der Waals surface area contributed by atoms with Gasteiger partial charge < -0.3 is 0 Å². The third-order valence-corrected chi connectivity index (χ3v) is 16.1. The van der Waals surface area contributed by atoms with E-state index in [4.69, 9.17) is 0 Å². The molecule has 0 saturated heterocycles. The number of hydrogen-bond donors (Lipinski definition) is 0. The Morgan fingerprint density at radius 2 is 0.387 bits per heavy atom. The average Bonchev–Trinajstić information content (AvgIpc) is 3.69. The summed E-state index contributed by atoms with van der Waals surface area (Å²) in [6.45, 7) is 55.3. The Bertz CT molecular complexity index is 2010. The van der Waals surface area contributed by atoms with Gasteiger partial charge in [-0.25, -0.2) is 4.98 Å². The standard InChI is InChI=1S/3C10H15N.2C8H12S.C6H9NS.3CH4/c3*1-6-7(2)9(4)11-10(5)8(6)3;2*1-5-6(2)8(4)9-7(5)3;1-4-5(2)8-6(3)7-4;;;/h3*1-5H3;2*1-4H3;1-3H3;3*1H4. The zero-order valence-electron chi connectivity index (χ0n) is 42.0. The van der Waals surface area contributed by atoms with Crippen molar-refractivity contribution in [3.63, 3.8) is 0 Å². The molecule has 0 aliphatic heterocycles. The highest BCUT2D eigenvalue weighted by molar-refractivity contribution is 7.12. The summed E-state index contributed by atoms with van der Waals surface area (Å²) in [5.74, 6) is 0. The van der Waals surface area contributed by atoms with E-state index in [0.29, 0.717) is 0 Å². The molecule has 0 amide bonds. The van der Waals surface area contributed by atoms with Gasteiger partial charge in [0.15, 0.2) is 0 Å². The first-order chi connectivity index (χ1) is 27.1. The smallest absolute Gasteiger partial charge is 0.0899 e. The van der Waals surface area contributed by atoms with E-state index in [1.807, 2.05) is 36.5 Å². The Morgan fingerprint density at radius 1 is 0.194 bits per heavy atom. The number of rotatable bonds is 0.